The Bertz CT molecular complexity index is 492. The standard InChI is InChI=1S/C17H24N2O/c1-2-17(8-5-9-18-12-17)16(20)19-11-14-10-13-6-3-4-7-15(13)14/h3-4,6-7,14,18H,2,5,8-12H2,1H3,(H,19,20). The quantitative estimate of drug-likeness (QED) is 0.882. The molecule has 3 nitrogen and oxygen atoms in total. The van der Waals surface area contributed by atoms with Crippen LogP contribution in [0.2, 0.25) is 0 Å². The molecule has 1 aromatic carbocycles. The van der Waals surface area contributed by atoms with Crippen LogP contribution in [0.4, 0.5) is 0 Å². The van der Waals surface area contributed by atoms with Gasteiger partial charge in [-0.1, -0.05) is 31.2 Å². The summed E-state index contributed by atoms with van der Waals surface area (Å²) < 4.78 is 0. The third kappa shape index (κ3) is 2.35. The number of carbonyl (C=O) groups is 1. The average molecular weight is 272 g/mol. The van der Waals surface area contributed by atoms with E-state index in [-0.39, 0.29) is 11.3 Å². The number of fused-ring (bicyclic) bond motifs is 1. The van der Waals surface area contributed by atoms with E-state index in [1.54, 1.807) is 0 Å². The Labute approximate surface area is 121 Å². The molecule has 2 atom stereocenters. The van der Waals surface area contributed by atoms with Gasteiger partial charge < -0.3 is 10.6 Å². The monoisotopic (exact) mass is 272 g/mol. The highest BCUT2D eigenvalue weighted by atomic mass is 16.2. The van der Waals surface area contributed by atoms with Gasteiger partial charge in [-0.15, -0.1) is 0 Å². The van der Waals surface area contributed by atoms with Gasteiger partial charge in [0.1, 0.15) is 0 Å². The summed E-state index contributed by atoms with van der Waals surface area (Å²) in [4.78, 5) is 12.6. The van der Waals surface area contributed by atoms with Crippen molar-refractivity contribution in [2.75, 3.05) is 19.6 Å². The van der Waals surface area contributed by atoms with Crippen molar-refractivity contribution in [1.82, 2.24) is 10.6 Å². The fourth-order valence-electron chi connectivity index (χ4n) is 3.57. The van der Waals surface area contributed by atoms with Gasteiger partial charge in [-0.05, 0) is 43.4 Å². The van der Waals surface area contributed by atoms with E-state index < -0.39 is 0 Å². The van der Waals surface area contributed by atoms with E-state index in [4.69, 9.17) is 0 Å². The zero-order valence-corrected chi connectivity index (χ0v) is 12.2. The molecule has 0 spiro atoms. The van der Waals surface area contributed by atoms with Crippen molar-refractivity contribution in [1.29, 1.82) is 0 Å². The summed E-state index contributed by atoms with van der Waals surface area (Å²) in [5.74, 6) is 0.761. The zero-order valence-electron chi connectivity index (χ0n) is 12.2. The topological polar surface area (TPSA) is 41.1 Å². The first-order chi connectivity index (χ1) is 9.75. The second-order valence-electron chi connectivity index (χ2n) is 6.22. The van der Waals surface area contributed by atoms with Crippen LogP contribution in [0.1, 0.15) is 43.2 Å². The van der Waals surface area contributed by atoms with Crippen LogP contribution in [0.25, 0.3) is 0 Å². The van der Waals surface area contributed by atoms with Crippen molar-refractivity contribution in [3.05, 3.63) is 35.4 Å². The second kappa shape index (κ2) is 5.57. The Hall–Kier alpha value is -1.35. The van der Waals surface area contributed by atoms with E-state index in [1.165, 1.54) is 11.1 Å². The molecular weight excluding hydrogens is 248 g/mol. The lowest BCUT2D eigenvalue weighted by atomic mass is 9.76. The van der Waals surface area contributed by atoms with Gasteiger partial charge in [0, 0.05) is 19.0 Å². The van der Waals surface area contributed by atoms with Crippen LogP contribution < -0.4 is 10.6 Å². The number of piperidine rings is 1. The van der Waals surface area contributed by atoms with E-state index in [0.29, 0.717) is 5.92 Å². The van der Waals surface area contributed by atoms with Crippen molar-refractivity contribution >= 4 is 5.91 Å². The summed E-state index contributed by atoms with van der Waals surface area (Å²) in [7, 11) is 0. The van der Waals surface area contributed by atoms with Crippen LogP contribution in [0.15, 0.2) is 24.3 Å². The van der Waals surface area contributed by atoms with Gasteiger partial charge in [0.15, 0.2) is 0 Å². The summed E-state index contributed by atoms with van der Waals surface area (Å²) in [5, 5.41) is 6.59. The van der Waals surface area contributed by atoms with Gasteiger partial charge in [0.05, 0.1) is 5.41 Å². The Morgan fingerprint density at radius 1 is 1.45 bits per heavy atom. The van der Waals surface area contributed by atoms with Crippen molar-refractivity contribution in [2.24, 2.45) is 5.41 Å². The number of benzene rings is 1. The zero-order chi connectivity index (χ0) is 14.0. The van der Waals surface area contributed by atoms with Crippen molar-refractivity contribution in [3.8, 4) is 0 Å². The molecule has 1 aliphatic heterocycles. The molecule has 2 aliphatic rings. The molecule has 1 fully saturated rings. The fourth-order valence-corrected chi connectivity index (χ4v) is 3.57. The molecule has 1 saturated heterocycles. The lowest BCUT2D eigenvalue weighted by Crippen LogP contribution is -2.51. The van der Waals surface area contributed by atoms with Crippen molar-refractivity contribution in [2.45, 2.75) is 38.5 Å². The predicted octanol–water partition coefficient (Wildman–Crippen LogP) is 2.22. The maximum absolute atomic E-state index is 12.6. The molecule has 1 amide bonds. The van der Waals surface area contributed by atoms with E-state index in [1.807, 2.05) is 0 Å². The second-order valence-corrected chi connectivity index (χ2v) is 6.22. The Balaban J connectivity index is 1.57. The van der Waals surface area contributed by atoms with E-state index in [2.05, 4.69) is 41.8 Å². The van der Waals surface area contributed by atoms with Crippen LogP contribution in [0, 0.1) is 5.41 Å². The molecule has 108 valence electrons. The first kappa shape index (κ1) is 13.6. The molecule has 3 rings (SSSR count). The molecule has 20 heavy (non-hydrogen) atoms. The lowest BCUT2D eigenvalue weighted by molar-refractivity contribution is -0.132. The summed E-state index contributed by atoms with van der Waals surface area (Å²) in [6.45, 7) is 4.80. The first-order valence-corrected chi connectivity index (χ1v) is 7.82. The summed E-state index contributed by atoms with van der Waals surface area (Å²) in [6, 6.07) is 8.55. The molecule has 1 heterocycles. The Kier molecular flexibility index (Phi) is 3.79. The largest absolute Gasteiger partial charge is 0.355 e. The summed E-state index contributed by atoms with van der Waals surface area (Å²) >= 11 is 0. The SMILES string of the molecule is CCC1(C(=O)NCC2Cc3ccccc32)CCCNC1. The van der Waals surface area contributed by atoms with E-state index >= 15 is 0 Å². The Morgan fingerprint density at radius 3 is 3.00 bits per heavy atom. The lowest BCUT2D eigenvalue weighted by Gasteiger charge is -2.37. The highest BCUT2D eigenvalue weighted by molar-refractivity contribution is 5.83. The van der Waals surface area contributed by atoms with Crippen LogP contribution in [0.3, 0.4) is 0 Å². The molecule has 0 radical (unpaired) electrons. The van der Waals surface area contributed by atoms with Crippen LogP contribution >= 0.6 is 0 Å². The van der Waals surface area contributed by atoms with E-state index in [9.17, 15) is 4.79 Å². The third-order valence-corrected chi connectivity index (χ3v) is 5.10. The first-order valence-electron chi connectivity index (χ1n) is 7.82. The molecule has 1 aliphatic carbocycles. The maximum atomic E-state index is 12.6. The molecule has 1 aromatic rings. The summed E-state index contributed by atoms with van der Waals surface area (Å²) in [5.41, 5.74) is 2.68. The third-order valence-electron chi connectivity index (χ3n) is 5.10. The van der Waals surface area contributed by atoms with Crippen molar-refractivity contribution < 1.29 is 4.79 Å². The summed E-state index contributed by atoms with van der Waals surface area (Å²) in [6.07, 6.45) is 4.15. The number of amides is 1. The predicted molar refractivity (Wildman–Crippen MR) is 80.7 cm³/mol. The maximum Gasteiger partial charge on any atom is 0.227 e. The number of carbonyl (C=O) groups excluding carboxylic acids is 1. The van der Waals surface area contributed by atoms with E-state index in [0.717, 1.165) is 45.3 Å². The molecule has 2 unspecified atom stereocenters. The minimum atomic E-state index is -0.179. The normalized spacial score (nSPS) is 28.4. The van der Waals surface area contributed by atoms with Crippen LogP contribution in [0.5, 0.6) is 0 Å². The molecule has 0 aromatic heterocycles. The average Bonchev–Trinajstić information content (AvgIpc) is 2.48. The smallest absolute Gasteiger partial charge is 0.227 e. The molecular formula is C17H24N2O. The fraction of sp³-hybridized carbons (Fsp3) is 0.588. The van der Waals surface area contributed by atoms with Crippen LogP contribution in [-0.2, 0) is 11.2 Å². The highest BCUT2D eigenvalue weighted by Gasteiger charge is 2.38. The highest BCUT2D eigenvalue weighted by Crippen LogP contribution is 2.35. The van der Waals surface area contributed by atoms with Gasteiger partial charge >= 0.3 is 0 Å². The molecule has 2 N–H and O–H groups in total. The molecule has 0 saturated carbocycles. The van der Waals surface area contributed by atoms with Gasteiger partial charge in [-0.25, -0.2) is 0 Å². The number of rotatable bonds is 4. The molecule has 3 heteroatoms. The number of hydrogen-bond donors (Lipinski definition) is 2. The molecule has 0 bridgehead atoms. The van der Waals surface area contributed by atoms with Gasteiger partial charge in [0.2, 0.25) is 5.91 Å². The number of nitrogens with one attached hydrogen (secondary N) is 2. The minimum absolute atomic E-state index is 0.179. The van der Waals surface area contributed by atoms with Gasteiger partial charge in [-0.3, -0.25) is 4.79 Å². The minimum Gasteiger partial charge on any atom is -0.355 e. The Morgan fingerprint density at radius 2 is 2.30 bits per heavy atom. The number of hydrogen-bond acceptors (Lipinski definition) is 2. The van der Waals surface area contributed by atoms with Crippen molar-refractivity contribution in [3.63, 3.8) is 0 Å². The van der Waals surface area contributed by atoms with Gasteiger partial charge in [0.25, 0.3) is 0 Å². The van der Waals surface area contributed by atoms with Crippen LogP contribution in [-0.4, -0.2) is 25.5 Å². The van der Waals surface area contributed by atoms with Gasteiger partial charge in [-0.2, -0.15) is 0 Å².